The molecular weight excluding hydrogens is 350 g/mol. The summed E-state index contributed by atoms with van der Waals surface area (Å²) in [6, 6.07) is 6.57. The van der Waals surface area contributed by atoms with Gasteiger partial charge >= 0.3 is 6.18 Å². The van der Waals surface area contributed by atoms with E-state index in [1.165, 1.54) is 0 Å². The number of aromatic nitrogens is 3. The zero-order chi connectivity index (χ0) is 15.8. The molecule has 1 aromatic carbocycles. The maximum Gasteiger partial charge on any atom is 0.451 e. The van der Waals surface area contributed by atoms with E-state index in [4.69, 9.17) is 34.8 Å². The van der Waals surface area contributed by atoms with Crippen LogP contribution in [0.15, 0.2) is 24.3 Å². The highest BCUT2D eigenvalue weighted by Crippen LogP contribution is 2.38. The second-order valence-electron chi connectivity index (χ2n) is 4.17. The summed E-state index contributed by atoms with van der Waals surface area (Å²) in [5.41, 5.74) is 1.30. The number of hydrogen-bond acceptors (Lipinski definition) is 3. The first-order valence-corrected chi connectivity index (χ1v) is 6.68. The van der Waals surface area contributed by atoms with E-state index >= 15 is 0 Å². The van der Waals surface area contributed by atoms with Crippen molar-refractivity contribution in [3.63, 3.8) is 0 Å². The van der Waals surface area contributed by atoms with Crippen LogP contribution in [-0.2, 0) is 9.97 Å². The van der Waals surface area contributed by atoms with E-state index in [1.807, 2.05) is 6.92 Å². The van der Waals surface area contributed by atoms with E-state index in [1.54, 1.807) is 24.3 Å². The van der Waals surface area contributed by atoms with Crippen molar-refractivity contribution >= 4 is 34.8 Å². The van der Waals surface area contributed by atoms with E-state index in [-0.39, 0.29) is 5.82 Å². The summed E-state index contributed by atoms with van der Waals surface area (Å²) in [6.45, 7) is 1.84. The van der Waals surface area contributed by atoms with E-state index in [2.05, 4.69) is 15.0 Å². The third kappa shape index (κ3) is 3.96. The molecular formula is C12H7Cl3F3N3. The van der Waals surface area contributed by atoms with Crippen LogP contribution in [0.2, 0.25) is 0 Å². The highest BCUT2D eigenvalue weighted by atomic mass is 35.6. The van der Waals surface area contributed by atoms with Crippen molar-refractivity contribution < 1.29 is 13.2 Å². The van der Waals surface area contributed by atoms with E-state index in [9.17, 15) is 13.2 Å². The number of benzene rings is 1. The third-order valence-corrected chi connectivity index (χ3v) is 2.96. The van der Waals surface area contributed by atoms with E-state index in [0.717, 1.165) is 5.56 Å². The highest BCUT2D eigenvalue weighted by molar-refractivity contribution is 6.66. The summed E-state index contributed by atoms with van der Waals surface area (Å²) in [6.07, 6.45) is -4.77. The molecule has 0 saturated carbocycles. The largest absolute Gasteiger partial charge is 0.451 e. The number of hydrogen-bond donors (Lipinski definition) is 0. The van der Waals surface area contributed by atoms with Gasteiger partial charge < -0.3 is 0 Å². The molecule has 1 heterocycles. The van der Waals surface area contributed by atoms with Gasteiger partial charge in [0.05, 0.1) is 0 Å². The fraction of sp³-hybridized carbons (Fsp3) is 0.250. The molecule has 0 aliphatic carbocycles. The second-order valence-corrected chi connectivity index (χ2v) is 6.45. The SMILES string of the molecule is Cc1ccc(-c2nc(C(F)(F)F)nc(C(Cl)(Cl)Cl)n2)cc1. The average molecular weight is 357 g/mol. The van der Waals surface area contributed by atoms with Crippen molar-refractivity contribution in [2.75, 3.05) is 0 Å². The van der Waals surface area contributed by atoms with Gasteiger partial charge in [-0.15, -0.1) is 0 Å². The number of nitrogens with zero attached hydrogens (tertiary/aromatic N) is 3. The Morgan fingerprint density at radius 1 is 0.857 bits per heavy atom. The van der Waals surface area contributed by atoms with Gasteiger partial charge in [0.1, 0.15) is 0 Å². The standard InChI is InChI=1S/C12H7Cl3F3N3/c1-6-2-4-7(5-3-6)8-19-9(11(13,14)15)21-10(20-8)12(16,17)18/h2-5H,1H3. The summed E-state index contributed by atoms with van der Waals surface area (Å²) in [5.74, 6) is -2.20. The minimum absolute atomic E-state index is 0.210. The average Bonchev–Trinajstić information content (AvgIpc) is 2.37. The van der Waals surface area contributed by atoms with Crippen molar-refractivity contribution in [1.29, 1.82) is 0 Å². The van der Waals surface area contributed by atoms with Crippen LogP contribution in [0.5, 0.6) is 0 Å². The molecule has 0 spiro atoms. The first-order valence-electron chi connectivity index (χ1n) is 5.55. The molecule has 0 unspecified atom stereocenters. The highest BCUT2D eigenvalue weighted by Gasteiger charge is 2.38. The van der Waals surface area contributed by atoms with Crippen molar-refractivity contribution in [3.05, 3.63) is 41.5 Å². The molecule has 0 N–H and O–H groups in total. The smallest absolute Gasteiger partial charge is 0.208 e. The zero-order valence-electron chi connectivity index (χ0n) is 10.4. The van der Waals surface area contributed by atoms with Crippen LogP contribution >= 0.6 is 34.8 Å². The van der Waals surface area contributed by atoms with Crippen LogP contribution in [-0.4, -0.2) is 15.0 Å². The molecule has 1 aromatic heterocycles. The summed E-state index contributed by atoms with van der Waals surface area (Å²) in [5, 5.41) is 0. The Balaban J connectivity index is 2.63. The molecule has 0 amide bonds. The normalized spacial score (nSPS) is 12.5. The molecule has 0 fully saturated rings. The van der Waals surface area contributed by atoms with Crippen molar-refractivity contribution in [2.45, 2.75) is 16.9 Å². The van der Waals surface area contributed by atoms with Gasteiger partial charge in [-0.2, -0.15) is 13.2 Å². The van der Waals surface area contributed by atoms with Crippen LogP contribution < -0.4 is 0 Å². The van der Waals surface area contributed by atoms with E-state index < -0.39 is 21.6 Å². The molecule has 9 heteroatoms. The van der Waals surface area contributed by atoms with Gasteiger partial charge in [-0.3, -0.25) is 0 Å². The fourth-order valence-corrected chi connectivity index (χ4v) is 1.71. The summed E-state index contributed by atoms with van der Waals surface area (Å²) in [7, 11) is 0. The Labute approximate surface area is 133 Å². The van der Waals surface area contributed by atoms with Crippen molar-refractivity contribution in [1.82, 2.24) is 15.0 Å². The van der Waals surface area contributed by atoms with Crippen LogP contribution in [0, 0.1) is 6.92 Å². The minimum atomic E-state index is -4.77. The first-order chi connectivity index (χ1) is 9.57. The van der Waals surface area contributed by atoms with Gasteiger partial charge in [0.2, 0.25) is 9.62 Å². The van der Waals surface area contributed by atoms with E-state index in [0.29, 0.717) is 5.56 Å². The lowest BCUT2D eigenvalue weighted by Gasteiger charge is -2.13. The lowest BCUT2D eigenvalue weighted by atomic mass is 10.1. The van der Waals surface area contributed by atoms with Crippen LogP contribution in [0.4, 0.5) is 13.2 Å². The Morgan fingerprint density at radius 3 is 1.86 bits per heavy atom. The number of halogens is 6. The van der Waals surface area contributed by atoms with Crippen molar-refractivity contribution in [3.8, 4) is 11.4 Å². The number of alkyl halides is 6. The Hall–Kier alpha value is -1.11. The lowest BCUT2D eigenvalue weighted by Crippen LogP contribution is -2.18. The molecule has 0 saturated heterocycles. The Kier molecular flexibility index (Phi) is 4.33. The lowest BCUT2D eigenvalue weighted by molar-refractivity contribution is -0.145. The third-order valence-electron chi connectivity index (χ3n) is 2.45. The van der Waals surface area contributed by atoms with Crippen LogP contribution in [0.1, 0.15) is 17.2 Å². The second kappa shape index (κ2) is 5.59. The predicted octanol–water partition coefficient (Wildman–Crippen LogP) is 4.69. The zero-order valence-corrected chi connectivity index (χ0v) is 12.7. The van der Waals surface area contributed by atoms with Gasteiger partial charge in [-0.05, 0) is 6.92 Å². The van der Waals surface area contributed by atoms with Gasteiger partial charge in [0, 0.05) is 5.56 Å². The Morgan fingerprint density at radius 2 is 1.38 bits per heavy atom. The van der Waals surface area contributed by atoms with Gasteiger partial charge in [0.15, 0.2) is 11.6 Å². The molecule has 0 atom stereocenters. The van der Waals surface area contributed by atoms with Gasteiger partial charge in [-0.25, -0.2) is 15.0 Å². The van der Waals surface area contributed by atoms with Crippen LogP contribution in [0.25, 0.3) is 11.4 Å². The first kappa shape index (κ1) is 16.3. The fourth-order valence-electron chi connectivity index (χ4n) is 1.46. The molecule has 112 valence electrons. The predicted molar refractivity (Wildman–Crippen MR) is 74.2 cm³/mol. The van der Waals surface area contributed by atoms with Gasteiger partial charge in [0.25, 0.3) is 0 Å². The molecule has 0 aliphatic rings. The number of rotatable bonds is 1. The summed E-state index contributed by atoms with van der Waals surface area (Å²) >= 11 is 16.7. The minimum Gasteiger partial charge on any atom is -0.208 e. The molecule has 0 radical (unpaired) electrons. The Bertz CT molecular complexity index is 619. The maximum absolute atomic E-state index is 12.8. The molecule has 3 nitrogen and oxygen atoms in total. The van der Waals surface area contributed by atoms with Crippen LogP contribution in [0.3, 0.4) is 0 Å². The monoisotopic (exact) mass is 355 g/mol. The molecule has 21 heavy (non-hydrogen) atoms. The summed E-state index contributed by atoms with van der Waals surface area (Å²) in [4.78, 5) is 10.4. The topological polar surface area (TPSA) is 38.7 Å². The van der Waals surface area contributed by atoms with Crippen molar-refractivity contribution in [2.24, 2.45) is 0 Å². The molecule has 0 aliphatic heterocycles. The maximum atomic E-state index is 12.8. The molecule has 0 bridgehead atoms. The molecule has 2 rings (SSSR count). The molecule has 2 aromatic rings. The number of aryl methyl sites for hydroxylation is 1. The van der Waals surface area contributed by atoms with Gasteiger partial charge in [-0.1, -0.05) is 64.6 Å². The quantitative estimate of drug-likeness (QED) is 0.696. The summed E-state index contributed by atoms with van der Waals surface area (Å²) < 4.78 is 36.3.